The minimum atomic E-state index is 0.765. The number of piperazine rings is 1. The number of ether oxygens (including phenoxy) is 1. The maximum Gasteiger partial charge on any atom is 0.120 e. The minimum Gasteiger partial charge on any atom is -0.497 e. The molecule has 3 rings (SSSR count). The minimum absolute atomic E-state index is 0.765. The molecule has 1 N–H and O–H groups in total. The van der Waals surface area contributed by atoms with Crippen molar-refractivity contribution in [2.24, 2.45) is 0 Å². The lowest BCUT2D eigenvalue weighted by molar-refractivity contribution is 0.245. The number of rotatable bonds is 5. The summed E-state index contributed by atoms with van der Waals surface area (Å²) in [5.41, 5.74) is 1.28. The zero-order chi connectivity index (χ0) is 14.5. The fourth-order valence-corrected chi connectivity index (χ4v) is 3.38. The maximum atomic E-state index is 5.32. The van der Waals surface area contributed by atoms with Gasteiger partial charge in [0.15, 0.2) is 0 Å². The van der Waals surface area contributed by atoms with E-state index in [1.807, 2.05) is 6.07 Å². The summed E-state index contributed by atoms with van der Waals surface area (Å²) in [5.74, 6) is 0.947. The molecule has 116 valence electrons. The van der Waals surface area contributed by atoms with Crippen molar-refractivity contribution in [3.63, 3.8) is 0 Å². The topological polar surface area (TPSA) is 27.7 Å². The highest BCUT2D eigenvalue weighted by Gasteiger charge is 2.19. The molecule has 1 unspecified atom stereocenters. The lowest BCUT2D eigenvalue weighted by Gasteiger charge is -2.36. The van der Waals surface area contributed by atoms with Crippen LogP contribution < -0.4 is 15.0 Å². The molecule has 1 aromatic carbocycles. The largest absolute Gasteiger partial charge is 0.497 e. The van der Waals surface area contributed by atoms with Crippen LogP contribution in [0, 0.1) is 0 Å². The normalized spacial score (nSPS) is 23.5. The van der Waals surface area contributed by atoms with Crippen molar-refractivity contribution >= 4 is 5.69 Å². The van der Waals surface area contributed by atoms with Gasteiger partial charge in [-0.05, 0) is 44.5 Å². The molecular formula is C17H27N3O. The van der Waals surface area contributed by atoms with Gasteiger partial charge in [-0.2, -0.15) is 0 Å². The molecule has 2 heterocycles. The second-order valence-electron chi connectivity index (χ2n) is 6.11. The van der Waals surface area contributed by atoms with Crippen LogP contribution in [0.3, 0.4) is 0 Å². The standard InChI is InChI=1S/C17H27N3O/c1-21-17-6-2-5-16(14-17)20-12-10-19(11-13-20)9-7-15-4-3-8-18-15/h2,5-6,14-15,18H,3-4,7-13H2,1H3. The summed E-state index contributed by atoms with van der Waals surface area (Å²) in [6.45, 7) is 7.03. The Hall–Kier alpha value is -1.26. The Kier molecular flexibility index (Phi) is 4.99. The van der Waals surface area contributed by atoms with Crippen LogP contribution in [-0.4, -0.2) is 57.3 Å². The van der Waals surface area contributed by atoms with Crippen LogP contribution in [-0.2, 0) is 0 Å². The predicted molar refractivity (Wildman–Crippen MR) is 87.3 cm³/mol. The van der Waals surface area contributed by atoms with Gasteiger partial charge in [0.1, 0.15) is 5.75 Å². The van der Waals surface area contributed by atoms with Crippen LogP contribution in [0.2, 0.25) is 0 Å². The van der Waals surface area contributed by atoms with E-state index >= 15 is 0 Å². The molecule has 0 aromatic heterocycles. The Bertz CT molecular complexity index is 437. The van der Waals surface area contributed by atoms with Gasteiger partial charge in [-0.3, -0.25) is 4.90 Å². The Morgan fingerprint density at radius 2 is 2.10 bits per heavy atom. The van der Waals surface area contributed by atoms with Crippen molar-refractivity contribution < 1.29 is 4.74 Å². The molecule has 1 aromatic rings. The summed E-state index contributed by atoms with van der Waals surface area (Å²) in [4.78, 5) is 5.07. The second-order valence-corrected chi connectivity index (χ2v) is 6.11. The monoisotopic (exact) mass is 289 g/mol. The first-order valence-corrected chi connectivity index (χ1v) is 8.20. The van der Waals surface area contributed by atoms with Gasteiger partial charge in [0.2, 0.25) is 0 Å². The molecule has 1 atom stereocenters. The predicted octanol–water partition coefficient (Wildman–Crippen LogP) is 1.96. The van der Waals surface area contributed by atoms with Gasteiger partial charge < -0.3 is 15.0 Å². The van der Waals surface area contributed by atoms with Gasteiger partial charge in [-0.1, -0.05) is 6.07 Å². The number of hydrogen-bond donors (Lipinski definition) is 1. The zero-order valence-corrected chi connectivity index (χ0v) is 13.1. The molecule has 0 radical (unpaired) electrons. The van der Waals surface area contributed by atoms with Crippen molar-refractivity contribution in [2.75, 3.05) is 51.3 Å². The lowest BCUT2D eigenvalue weighted by Crippen LogP contribution is -2.47. The van der Waals surface area contributed by atoms with Crippen LogP contribution in [0.1, 0.15) is 19.3 Å². The SMILES string of the molecule is COc1cccc(N2CCN(CCC3CCCN3)CC2)c1. The van der Waals surface area contributed by atoms with Crippen LogP contribution in [0.5, 0.6) is 5.75 Å². The van der Waals surface area contributed by atoms with E-state index in [0.29, 0.717) is 0 Å². The van der Waals surface area contributed by atoms with Gasteiger partial charge in [0.25, 0.3) is 0 Å². The Balaban J connectivity index is 1.45. The van der Waals surface area contributed by atoms with Crippen molar-refractivity contribution in [1.82, 2.24) is 10.2 Å². The van der Waals surface area contributed by atoms with Crippen molar-refractivity contribution in [3.8, 4) is 5.75 Å². The Morgan fingerprint density at radius 1 is 1.24 bits per heavy atom. The van der Waals surface area contributed by atoms with E-state index in [4.69, 9.17) is 4.74 Å². The number of anilines is 1. The van der Waals surface area contributed by atoms with E-state index in [0.717, 1.165) is 24.9 Å². The average Bonchev–Trinajstić information content (AvgIpc) is 3.07. The molecule has 0 aliphatic carbocycles. The highest BCUT2D eigenvalue weighted by Crippen LogP contribution is 2.22. The molecule has 0 saturated carbocycles. The van der Waals surface area contributed by atoms with Crippen molar-refractivity contribution in [3.05, 3.63) is 24.3 Å². The molecule has 4 heteroatoms. The van der Waals surface area contributed by atoms with Gasteiger partial charge in [0, 0.05) is 44.0 Å². The molecule has 0 amide bonds. The molecule has 4 nitrogen and oxygen atoms in total. The maximum absolute atomic E-state index is 5.32. The quantitative estimate of drug-likeness (QED) is 0.897. The van der Waals surface area contributed by atoms with Gasteiger partial charge in [-0.15, -0.1) is 0 Å². The summed E-state index contributed by atoms with van der Waals surface area (Å²) in [6, 6.07) is 9.17. The van der Waals surface area contributed by atoms with Crippen molar-refractivity contribution in [1.29, 1.82) is 0 Å². The number of benzene rings is 1. The van der Waals surface area contributed by atoms with E-state index in [9.17, 15) is 0 Å². The highest BCUT2D eigenvalue weighted by atomic mass is 16.5. The number of methoxy groups -OCH3 is 1. The summed E-state index contributed by atoms with van der Waals surface area (Å²) in [5, 5.41) is 3.59. The first-order chi connectivity index (χ1) is 10.3. The van der Waals surface area contributed by atoms with E-state index in [-0.39, 0.29) is 0 Å². The molecule has 2 aliphatic heterocycles. The molecule has 2 saturated heterocycles. The summed E-state index contributed by atoms with van der Waals surface area (Å²) < 4.78 is 5.32. The Labute approximate surface area is 128 Å². The van der Waals surface area contributed by atoms with Crippen LogP contribution >= 0.6 is 0 Å². The molecule has 2 fully saturated rings. The number of hydrogen-bond acceptors (Lipinski definition) is 4. The van der Waals surface area contributed by atoms with E-state index in [1.165, 1.54) is 51.1 Å². The third kappa shape index (κ3) is 3.89. The molecule has 2 aliphatic rings. The van der Waals surface area contributed by atoms with Crippen molar-refractivity contribution in [2.45, 2.75) is 25.3 Å². The highest BCUT2D eigenvalue weighted by molar-refractivity contribution is 5.51. The first kappa shape index (κ1) is 14.7. The second kappa shape index (κ2) is 7.14. The smallest absolute Gasteiger partial charge is 0.120 e. The fraction of sp³-hybridized carbons (Fsp3) is 0.647. The van der Waals surface area contributed by atoms with E-state index in [1.54, 1.807) is 7.11 Å². The van der Waals surface area contributed by atoms with Crippen LogP contribution in [0.4, 0.5) is 5.69 Å². The van der Waals surface area contributed by atoms with E-state index in [2.05, 4.69) is 33.3 Å². The molecule has 0 bridgehead atoms. The molecule has 0 spiro atoms. The molecular weight excluding hydrogens is 262 g/mol. The summed E-state index contributed by atoms with van der Waals surface area (Å²) in [6.07, 6.45) is 4.03. The van der Waals surface area contributed by atoms with E-state index < -0.39 is 0 Å². The molecule has 21 heavy (non-hydrogen) atoms. The van der Waals surface area contributed by atoms with Gasteiger partial charge in [-0.25, -0.2) is 0 Å². The zero-order valence-electron chi connectivity index (χ0n) is 13.1. The average molecular weight is 289 g/mol. The summed E-state index contributed by atoms with van der Waals surface area (Å²) in [7, 11) is 1.73. The van der Waals surface area contributed by atoms with Gasteiger partial charge >= 0.3 is 0 Å². The number of nitrogens with one attached hydrogen (secondary N) is 1. The fourth-order valence-electron chi connectivity index (χ4n) is 3.38. The lowest BCUT2D eigenvalue weighted by atomic mass is 10.1. The number of nitrogens with zero attached hydrogens (tertiary/aromatic N) is 2. The van der Waals surface area contributed by atoms with Gasteiger partial charge in [0.05, 0.1) is 7.11 Å². The van der Waals surface area contributed by atoms with Crippen LogP contribution in [0.25, 0.3) is 0 Å². The van der Waals surface area contributed by atoms with Crippen LogP contribution in [0.15, 0.2) is 24.3 Å². The first-order valence-electron chi connectivity index (χ1n) is 8.20. The Morgan fingerprint density at radius 3 is 2.81 bits per heavy atom. The third-order valence-corrected chi connectivity index (χ3v) is 4.75. The third-order valence-electron chi connectivity index (χ3n) is 4.75. The summed E-state index contributed by atoms with van der Waals surface area (Å²) >= 11 is 0.